The van der Waals surface area contributed by atoms with Gasteiger partial charge in [0, 0.05) is 12.1 Å². The van der Waals surface area contributed by atoms with E-state index < -0.39 is 0 Å². The van der Waals surface area contributed by atoms with Gasteiger partial charge in [0.05, 0.1) is 10.0 Å². The van der Waals surface area contributed by atoms with Gasteiger partial charge in [-0.15, -0.1) is 24.8 Å². The molecule has 0 saturated heterocycles. The third kappa shape index (κ3) is 7.60. The van der Waals surface area contributed by atoms with Crippen molar-refractivity contribution in [3.63, 3.8) is 0 Å². The molecule has 1 aromatic rings. The molecule has 0 amide bonds. The second-order valence-electron chi connectivity index (χ2n) is 4.80. The van der Waals surface area contributed by atoms with Crippen molar-refractivity contribution in [2.45, 2.75) is 44.7 Å². The average molecular weight is 348 g/mol. The molecule has 0 fully saturated rings. The smallest absolute Gasteiger partial charge is 0.0595 e. The van der Waals surface area contributed by atoms with Gasteiger partial charge < -0.3 is 11.5 Å². The van der Waals surface area contributed by atoms with Crippen molar-refractivity contribution in [3.8, 4) is 0 Å². The molecule has 0 heterocycles. The van der Waals surface area contributed by atoms with Gasteiger partial charge in [-0.1, -0.05) is 29.3 Å². The van der Waals surface area contributed by atoms with Crippen LogP contribution in [0.1, 0.15) is 38.2 Å². The monoisotopic (exact) mass is 346 g/mol. The van der Waals surface area contributed by atoms with Crippen LogP contribution < -0.4 is 11.5 Å². The van der Waals surface area contributed by atoms with Crippen molar-refractivity contribution >= 4 is 48.0 Å². The molecule has 6 heteroatoms. The fourth-order valence-electron chi connectivity index (χ4n) is 2.03. The molecule has 0 aliphatic carbocycles. The fourth-order valence-corrected chi connectivity index (χ4v) is 2.34. The molecule has 2 unspecified atom stereocenters. The van der Waals surface area contributed by atoms with E-state index in [1.807, 2.05) is 32.0 Å². The second-order valence-corrected chi connectivity index (χ2v) is 5.61. The predicted molar refractivity (Wildman–Crippen MR) is 90.2 cm³/mol. The van der Waals surface area contributed by atoms with Crippen LogP contribution in [-0.2, 0) is 0 Å². The van der Waals surface area contributed by atoms with Crippen LogP contribution in [-0.4, -0.2) is 12.1 Å². The lowest BCUT2D eigenvalue weighted by atomic mass is 9.88. The Kier molecular flexibility index (Phi) is 11.5. The van der Waals surface area contributed by atoms with E-state index >= 15 is 0 Å². The zero-order chi connectivity index (χ0) is 13.0. The van der Waals surface area contributed by atoms with Crippen LogP contribution in [0.4, 0.5) is 0 Å². The first kappa shape index (κ1) is 21.6. The molecule has 112 valence electrons. The molecular weight excluding hydrogens is 326 g/mol. The molecule has 0 saturated carbocycles. The molecule has 0 bridgehead atoms. The summed E-state index contributed by atoms with van der Waals surface area (Å²) in [6, 6.07) is 6.04. The summed E-state index contributed by atoms with van der Waals surface area (Å²) in [7, 11) is 0. The largest absolute Gasteiger partial charge is 0.328 e. The Bertz CT molecular complexity index is 360. The number of benzene rings is 1. The summed E-state index contributed by atoms with van der Waals surface area (Å²) in [6.07, 6.45) is 1.80. The van der Waals surface area contributed by atoms with Crippen molar-refractivity contribution < 1.29 is 0 Å². The molecule has 0 aliphatic heterocycles. The Hall–Kier alpha value is 0.300. The summed E-state index contributed by atoms with van der Waals surface area (Å²) >= 11 is 12.0. The Balaban J connectivity index is 0. The zero-order valence-corrected chi connectivity index (χ0v) is 14.3. The highest BCUT2D eigenvalue weighted by molar-refractivity contribution is 6.42. The highest BCUT2D eigenvalue weighted by Crippen LogP contribution is 2.31. The van der Waals surface area contributed by atoms with Crippen LogP contribution in [0.3, 0.4) is 0 Å². The Morgan fingerprint density at radius 3 is 1.79 bits per heavy atom. The zero-order valence-electron chi connectivity index (χ0n) is 11.1. The van der Waals surface area contributed by atoms with Crippen LogP contribution in [0, 0.1) is 0 Å². The van der Waals surface area contributed by atoms with E-state index in [9.17, 15) is 0 Å². The highest BCUT2D eigenvalue weighted by atomic mass is 35.5. The Morgan fingerprint density at radius 2 is 1.42 bits per heavy atom. The SMILES string of the molecule is CC(N)CC(CC(C)N)c1ccc(Cl)c(Cl)c1.Cl.Cl. The van der Waals surface area contributed by atoms with Gasteiger partial charge in [0.25, 0.3) is 0 Å². The normalized spacial score (nSPS) is 14.8. The van der Waals surface area contributed by atoms with Gasteiger partial charge in [-0.2, -0.15) is 0 Å². The average Bonchev–Trinajstić information content (AvgIpc) is 2.19. The van der Waals surface area contributed by atoms with Crippen molar-refractivity contribution in [2.75, 3.05) is 0 Å². The second kappa shape index (κ2) is 10.1. The van der Waals surface area contributed by atoms with Crippen molar-refractivity contribution in [1.29, 1.82) is 0 Å². The summed E-state index contributed by atoms with van der Waals surface area (Å²) in [5, 5.41) is 1.17. The molecule has 19 heavy (non-hydrogen) atoms. The van der Waals surface area contributed by atoms with Crippen LogP contribution >= 0.6 is 48.0 Å². The van der Waals surface area contributed by atoms with Gasteiger partial charge >= 0.3 is 0 Å². The Morgan fingerprint density at radius 1 is 0.947 bits per heavy atom. The lowest BCUT2D eigenvalue weighted by Gasteiger charge is -2.21. The van der Waals surface area contributed by atoms with E-state index in [1.54, 1.807) is 0 Å². The molecule has 1 rings (SSSR count). The van der Waals surface area contributed by atoms with E-state index in [2.05, 4.69) is 0 Å². The third-order valence-electron chi connectivity index (χ3n) is 2.73. The molecule has 4 N–H and O–H groups in total. The summed E-state index contributed by atoms with van der Waals surface area (Å²) in [5.74, 6) is 0.338. The van der Waals surface area contributed by atoms with Gasteiger partial charge in [-0.25, -0.2) is 0 Å². The predicted octanol–water partition coefficient (Wildman–Crippen LogP) is 4.40. The molecule has 2 atom stereocenters. The molecular formula is C13H22Cl4N2. The number of hydrogen-bond donors (Lipinski definition) is 2. The van der Waals surface area contributed by atoms with E-state index in [0.29, 0.717) is 16.0 Å². The summed E-state index contributed by atoms with van der Waals surface area (Å²) in [5.41, 5.74) is 12.9. The van der Waals surface area contributed by atoms with Crippen molar-refractivity contribution in [3.05, 3.63) is 33.8 Å². The number of nitrogens with two attached hydrogens (primary N) is 2. The minimum absolute atomic E-state index is 0. The summed E-state index contributed by atoms with van der Waals surface area (Å²) in [6.45, 7) is 4.01. The molecule has 0 spiro atoms. The molecule has 2 nitrogen and oxygen atoms in total. The maximum atomic E-state index is 6.04. The molecule has 0 radical (unpaired) electrons. The molecule has 0 aromatic heterocycles. The van der Waals surface area contributed by atoms with E-state index in [0.717, 1.165) is 18.4 Å². The van der Waals surface area contributed by atoms with Gasteiger partial charge in [-0.3, -0.25) is 0 Å². The number of halogens is 4. The molecule has 1 aromatic carbocycles. The topological polar surface area (TPSA) is 52.0 Å². The van der Waals surface area contributed by atoms with E-state index in [4.69, 9.17) is 34.7 Å². The van der Waals surface area contributed by atoms with Crippen molar-refractivity contribution in [2.24, 2.45) is 11.5 Å². The maximum Gasteiger partial charge on any atom is 0.0595 e. The minimum atomic E-state index is 0. The lowest BCUT2D eigenvalue weighted by Crippen LogP contribution is -2.24. The van der Waals surface area contributed by atoms with Crippen molar-refractivity contribution in [1.82, 2.24) is 0 Å². The highest BCUT2D eigenvalue weighted by Gasteiger charge is 2.16. The van der Waals surface area contributed by atoms with Crippen LogP contribution in [0.2, 0.25) is 10.0 Å². The van der Waals surface area contributed by atoms with Gasteiger partial charge in [0.1, 0.15) is 0 Å². The standard InChI is InChI=1S/C13H20Cl2N2.2ClH/c1-8(16)5-11(6-9(2)17)10-3-4-12(14)13(15)7-10;;/h3-4,7-9,11H,5-6,16-17H2,1-2H3;2*1H. The van der Waals surface area contributed by atoms with Gasteiger partial charge in [0.15, 0.2) is 0 Å². The summed E-state index contributed by atoms with van der Waals surface area (Å²) < 4.78 is 0. The number of rotatable bonds is 5. The van der Waals surface area contributed by atoms with Crippen LogP contribution in [0.25, 0.3) is 0 Å². The lowest BCUT2D eigenvalue weighted by molar-refractivity contribution is 0.486. The van der Waals surface area contributed by atoms with E-state index in [1.165, 1.54) is 0 Å². The first-order valence-corrected chi connectivity index (χ1v) is 6.61. The van der Waals surface area contributed by atoms with Gasteiger partial charge in [0.2, 0.25) is 0 Å². The summed E-state index contributed by atoms with van der Waals surface area (Å²) in [4.78, 5) is 0. The van der Waals surface area contributed by atoms with Crippen LogP contribution in [0.5, 0.6) is 0 Å². The first-order valence-electron chi connectivity index (χ1n) is 5.86. The third-order valence-corrected chi connectivity index (χ3v) is 3.47. The fraction of sp³-hybridized carbons (Fsp3) is 0.538. The minimum Gasteiger partial charge on any atom is -0.328 e. The first-order chi connectivity index (χ1) is 7.90. The maximum absolute atomic E-state index is 6.04. The number of hydrogen-bond acceptors (Lipinski definition) is 2. The van der Waals surface area contributed by atoms with Crippen LogP contribution in [0.15, 0.2) is 18.2 Å². The quantitative estimate of drug-likeness (QED) is 0.829. The Labute approximate surface area is 138 Å². The van der Waals surface area contributed by atoms with Gasteiger partial charge in [-0.05, 0) is 50.3 Å². The van der Waals surface area contributed by atoms with E-state index in [-0.39, 0.29) is 36.9 Å². The molecule has 0 aliphatic rings.